The predicted octanol–water partition coefficient (Wildman–Crippen LogP) is 2.24. The third-order valence-electron chi connectivity index (χ3n) is 4.33. The average molecular weight is 531 g/mol. The monoisotopic (exact) mass is 530 g/mol. The molecule has 0 aliphatic heterocycles. The van der Waals surface area contributed by atoms with Gasteiger partial charge in [0.2, 0.25) is 5.69 Å². The first-order valence-electron chi connectivity index (χ1n) is 9.65. The van der Waals surface area contributed by atoms with E-state index in [1.54, 1.807) is 12.1 Å². The van der Waals surface area contributed by atoms with E-state index in [1.165, 1.54) is 30.3 Å². The Labute approximate surface area is 201 Å². The number of aromatic nitrogens is 2. The highest BCUT2D eigenvalue weighted by molar-refractivity contribution is 9.10. The van der Waals surface area contributed by atoms with Crippen molar-refractivity contribution in [2.24, 2.45) is 10.8 Å². The van der Waals surface area contributed by atoms with Crippen LogP contribution in [0.5, 0.6) is 11.5 Å². The number of primary amides is 1. The molecule has 0 aliphatic rings. The number of methoxy groups -OCH3 is 1. The van der Waals surface area contributed by atoms with Gasteiger partial charge in [0, 0.05) is 4.47 Å². The first kappa shape index (κ1) is 24.4. The molecule has 0 saturated carbocycles. The van der Waals surface area contributed by atoms with Crippen LogP contribution in [-0.2, 0) is 11.3 Å². The fraction of sp³-hybridized carbons (Fsp3) is 0.143. The number of nitro groups is 1. The smallest absolute Gasteiger partial charge is 0.320 e. The summed E-state index contributed by atoms with van der Waals surface area (Å²) in [4.78, 5) is 34.2. The summed E-state index contributed by atoms with van der Waals surface area (Å²) in [6.45, 7) is -0.114. The van der Waals surface area contributed by atoms with Crippen LogP contribution in [0.25, 0.3) is 0 Å². The number of hydrazone groups is 1. The minimum atomic E-state index is -0.852. The van der Waals surface area contributed by atoms with Crippen LogP contribution in [0.2, 0.25) is 0 Å². The molecule has 0 fully saturated rings. The highest BCUT2D eigenvalue weighted by atomic mass is 79.9. The van der Waals surface area contributed by atoms with Gasteiger partial charge in [0.1, 0.15) is 6.20 Å². The van der Waals surface area contributed by atoms with E-state index in [1.807, 2.05) is 24.3 Å². The Morgan fingerprint density at radius 3 is 2.76 bits per heavy atom. The molecule has 2 aromatic carbocycles. The molecule has 0 unspecified atom stereocenters. The molecule has 2 amide bonds. The third kappa shape index (κ3) is 6.38. The summed E-state index contributed by atoms with van der Waals surface area (Å²) in [6, 6.07) is 12.1. The first-order chi connectivity index (χ1) is 16.3. The normalized spacial score (nSPS) is 10.8. The van der Waals surface area contributed by atoms with Crippen LogP contribution in [0.1, 0.15) is 21.6 Å². The second-order valence-corrected chi connectivity index (χ2v) is 7.73. The number of nitrogens with zero attached hydrogens (tertiary/aromatic N) is 4. The van der Waals surface area contributed by atoms with E-state index < -0.39 is 22.4 Å². The van der Waals surface area contributed by atoms with Crippen molar-refractivity contribution in [3.05, 3.63) is 80.1 Å². The van der Waals surface area contributed by atoms with Gasteiger partial charge in [-0.25, -0.2) is 5.43 Å². The molecule has 34 heavy (non-hydrogen) atoms. The zero-order chi connectivity index (χ0) is 24.7. The van der Waals surface area contributed by atoms with Crippen LogP contribution < -0.4 is 20.6 Å². The Bertz CT molecular complexity index is 1260. The number of hydrogen-bond donors (Lipinski definition) is 2. The Morgan fingerprint density at radius 2 is 2.09 bits per heavy atom. The SMILES string of the molecule is COc1ccc(/C=N/NC(=O)c2nn(Cc3cccc(Br)c3)cc2[N+](=O)[O-])cc1OCC(N)=O. The summed E-state index contributed by atoms with van der Waals surface area (Å²) in [5.41, 5.74) is 7.82. The van der Waals surface area contributed by atoms with Gasteiger partial charge in [-0.3, -0.25) is 24.4 Å². The summed E-state index contributed by atoms with van der Waals surface area (Å²) in [7, 11) is 1.43. The number of hydrogen-bond acceptors (Lipinski definition) is 8. The maximum Gasteiger partial charge on any atom is 0.320 e. The van der Waals surface area contributed by atoms with E-state index in [-0.39, 0.29) is 24.6 Å². The van der Waals surface area contributed by atoms with Crippen molar-refractivity contribution in [2.75, 3.05) is 13.7 Å². The molecule has 13 heteroatoms. The fourth-order valence-electron chi connectivity index (χ4n) is 2.86. The second-order valence-electron chi connectivity index (χ2n) is 6.81. The predicted molar refractivity (Wildman–Crippen MR) is 125 cm³/mol. The molecule has 1 aromatic heterocycles. The number of nitrogens with two attached hydrogens (primary N) is 1. The van der Waals surface area contributed by atoms with Crippen molar-refractivity contribution in [1.29, 1.82) is 0 Å². The molecule has 3 rings (SSSR count). The topological polar surface area (TPSA) is 164 Å². The van der Waals surface area contributed by atoms with E-state index in [2.05, 4.69) is 31.6 Å². The van der Waals surface area contributed by atoms with Gasteiger partial charge in [0.05, 0.1) is 24.8 Å². The average Bonchev–Trinajstić information content (AvgIpc) is 3.22. The van der Waals surface area contributed by atoms with Gasteiger partial charge >= 0.3 is 5.69 Å². The second kappa shape index (κ2) is 11.0. The number of benzene rings is 2. The first-order valence-corrected chi connectivity index (χ1v) is 10.4. The Morgan fingerprint density at radius 1 is 1.29 bits per heavy atom. The van der Waals surface area contributed by atoms with E-state index in [0.717, 1.165) is 10.0 Å². The third-order valence-corrected chi connectivity index (χ3v) is 4.82. The maximum absolute atomic E-state index is 12.5. The van der Waals surface area contributed by atoms with E-state index in [4.69, 9.17) is 15.2 Å². The molecule has 0 bridgehead atoms. The number of halogens is 1. The van der Waals surface area contributed by atoms with Crippen molar-refractivity contribution < 1.29 is 24.0 Å². The molecule has 12 nitrogen and oxygen atoms in total. The van der Waals surface area contributed by atoms with Gasteiger partial charge in [0.15, 0.2) is 18.1 Å². The molecule has 0 radical (unpaired) electrons. The van der Waals surface area contributed by atoms with Gasteiger partial charge in [0.25, 0.3) is 11.8 Å². The maximum atomic E-state index is 12.5. The molecular weight excluding hydrogens is 512 g/mol. The lowest BCUT2D eigenvalue weighted by molar-refractivity contribution is -0.385. The molecule has 3 aromatic rings. The molecule has 0 spiro atoms. The van der Waals surface area contributed by atoms with Crippen molar-refractivity contribution in [3.8, 4) is 11.5 Å². The summed E-state index contributed by atoms with van der Waals surface area (Å²) in [5.74, 6) is -0.892. The Hall–Kier alpha value is -4.26. The summed E-state index contributed by atoms with van der Waals surface area (Å²) in [6.07, 6.45) is 2.48. The molecule has 176 valence electrons. The van der Waals surface area contributed by atoms with Crippen LogP contribution in [0.4, 0.5) is 5.69 Å². The van der Waals surface area contributed by atoms with E-state index >= 15 is 0 Å². The van der Waals surface area contributed by atoms with E-state index in [9.17, 15) is 19.7 Å². The van der Waals surface area contributed by atoms with Crippen molar-refractivity contribution in [1.82, 2.24) is 15.2 Å². The van der Waals surface area contributed by atoms with Gasteiger partial charge in [-0.2, -0.15) is 10.2 Å². The number of amides is 2. The minimum Gasteiger partial charge on any atom is -0.493 e. The Balaban J connectivity index is 1.74. The number of carbonyl (C=O) groups excluding carboxylic acids is 2. The minimum absolute atomic E-state index is 0.233. The molecular formula is C21H19BrN6O6. The molecule has 3 N–H and O–H groups in total. The fourth-order valence-corrected chi connectivity index (χ4v) is 3.31. The lowest BCUT2D eigenvalue weighted by Crippen LogP contribution is -2.20. The molecule has 0 saturated heterocycles. The van der Waals surface area contributed by atoms with Crippen LogP contribution in [0.15, 0.2) is 58.2 Å². The largest absolute Gasteiger partial charge is 0.493 e. The number of rotatable bonds is 10. The number of ether oxygens (including phenoxy) is 2. The molecule has 1 heterocycles. The number of carbonyl (C=O) groups is 2. The summed E-state index contributed by atoms with van der Waals surface area (Å²) >= 11 is 3.36. The summed E-state index contributed by atoms with van der Waals surface area (Å²) in [5, 5.41) is 19.3. The van der Waals surface area contributed by atoms with Crippen molar-refractivity contribution in [3.63, 3.8) is 0 Å². The van der Waals surface area contributed by atoms with Gasteiger partial charge in [-0.05, 0) is 41.5 Å². The Kier molecular flexibility index (Phi) is 7.92. The molecule has 0 atom stereocenters. The van der Waals surface area contributed by atoms with Crippen molar-refractivity contribution >= 4 is 39.6 Å². The quantitative estimate of drug-likeness (QED) is 0.230. The van der Waals surface area contributed by atoms with Crippen LogP contribution >= 0.6 is 15.9 Å². The highest BCUT2D eigenvalue weighted by Gasteiger charge is 2.25. The van der Waals surface area contributed by atoms with Gasteiger partial charge in [-0.1, -0.05) is 28.1 Å². The number of nitrogens with one attached hydrogen (secondary N) is 1. The zero-order valence-electron chi connectivity index (χ0n) is 17.8. The van der Waals surface area contributed by atoms with Crippen molar-refractivity contribution in [2.45, 2.75) is 6.54 Å². The lowest BCUT2D eigenvalue weighted by Gasteiger charge is -2.09. The van der Waals surface area contributed by atoms with Gasteiger partial charge < -0.3 is 15.2 Å². The highest BCUT2D eigenvalue weighted by Crippen LogP contribution is 2.27. The standard InChI is InChI=1S/C21H19BrN6O6/c1-33-17-6-5-13(8-18(17)34-12-19(23)29)9-24-25-21(30)20-16(28(31)32)11-27(26-20)10-14-3-2-4-15(22)7-14/h2-9,11H,10,12H2,1H3,(H2,23,29)(H,25,30)/b24-9+. The lowest BCUT2D eigenvalue weighted by atomic mass is 10.2. The van der Waals surface area contributed by atoms with Crippen LogP contribution in [0.3, 0.4) is 0 Å². The molecule has 0 aliphatic carbocycles. The zero-order valence-corrected chi connectivity index (χ0v) is 19.4. The van der Waals surface area contributed by atoms with Crippen LogP contribution in [-0.4, -0.2) is 46.4 Å². The summed E-state index contributed by atoms with van der Waals surface area (Å²) < 4.78 is 12.6. The van der Waals surface area contributed by atoms with Crippen LogP contribution in [0, 0.1) is 10.1 Å². The van der Waals surface area contributed by atoms with Gasteiger partial charge in [-0.15, -0.1) is 0 Å². The van der Waals surface area contributed by atoms with E-state index in [0.29, 0.717) is 11.3 Å².